The standard InChI is InChI=1S/C19H17N5O2.2CH2O2/c20-17(21)14-2-1-13-10-16(8-5-12(13)9-14)26-18(25)11-3-6-15(7-4-11)24-19(22)23;2*2-1-3/h1-10H,(H3,20,21)(H4,22,23,24);2*1H,(H,2,3)/i3+1,4+1,6+1,7+1,11+1,15+1;;. The number of ether oxygens (including phenoxy) is 1. The van der Waals surface area contributed by atoms with Crippen molar-refractivity contribution >= 4 is 47.2 Å². The van der Waals surface area contributed by atoms with Gasteiger partial charge >= 0.3 is 5.97 Å². The largest absolute Gasteiger partial charge is 0.483 e. The second kappa shape index (κ2) is 12.6. The second-order valence-electron chi connectivity index (χ2n) is 5.82. The van der Waals surface area contributed by atoms with Gasteiger partial charge in [-0.1, -0.05) is 18.2 Å². The topological polar surface area (TPSA) is 215 Å². The van der Waals surface area contributed by atoms with Crippen LogP contribution in [0.2, 0.25) is 0 Å². The summed E-state index contributed by atoms with van der Waals surface area (Å²) in [6.45, 7) is -0.500. The van der Waals surface area contributed by atoms with Gasteiger partial charge in [-0.25, -0.2) is 9.79 Å². The number of nitrogens with one attached hydrogen (secondary N) is 1. The van der Waals surface area contributed by atoms with E-state index in [9.17, 15) is 4.79 Å². The van der Waals surface area contributed by atoms with E-state index in [1.807, 2.05) is 18.2 Å². The Morgan fingerprint density at radius 3 is 1.88 bits per heavy atom. The molecule has 0 heterocycles. The molecule has 0 aliphatic heterocycles. The predicted octanol–water partition coefficient (Wildman–Crippen LogP) is 1.65. The van der Waals surface area contributed by atoms with Gasteiger partial charge in [-0.15, -0.1) is 0 Å². The van der Waals surface area contributed by atoms with E-state index < -0.39 is 5.97 Å². The summed E-state index contributed by atoms with van der Waals surface area (Å²) < 4.78 is 5.42. The highest BCUT2D eigenvalue weighted by Gasteiger charge is 2.09. The van der Waals surface area contributed by atoms with Crippen molar-refractivity contribution in [3.05, 3.63) is 71.8 Å². The Hall–Kier alpha value is -4.93. The van der Waals surface area contributed by atoms with Gasteiger partial charge in [0.25, 0.3) is 12.9 Å². The smallest absolute Gasteiger partial charge is 0.343 e. The molecule has 0 fully saturated rings. The molecular formula is C21H21N5O6. The monoisotopic (exact) mass is 445 g/mol. The number of carboxylic acid groups (broad SMARTS) is 2. The van der Waals surface area contributed by atoms with Crippen LogP contribution in [0.15, 0.2) is 65.7 Å². The van der Waals surface area contributed by atoms with Crippen molar-refractivity contribution in [2.45, 2.75) is 0 Å². The van der Waals surface area contributed by atoms with E-state index in [1.165, 1.54) is 0 Å². The number of benzene rings is 3. The highest BCUT2D eigenvalue weighted by atomic mass is 16.5. The predicted molar refractivity (Wildman–Crippen MR) is 119 cm³/mol. The van der Waals surface area contributed by atoms with E-state index in [0.29, 0.717) is 22.6 Å². The number of carbonyl (C=O) groups excluding carboxylic acids is 1. The molecule has 0 aliphatic rings. The number of fused-ring (bicyclic) bond motifs is 1. The Balaban J connectivity index is 0.000000769. The minimum atomic E-state index is -0.485. The average Bonchev–Trinajstić information content (AvgIpc) is 2.74. The summed E-state index contributed by atoms with van der Waals surface area (Å²) >= 11 is 0. The van der Waals surface area contributed by atoms with E-state index in [-0.39, 0.29) is 24.7 Å². The Morgan fingerprint density at radius 2 is 1.34 bits per heavy atom. The molecule has 0 aliphatic carbocycles. The second-order valence-corrected chi connectivity index (χ2v) is 5.82. The Labute approximate surface area is 182 Å². The van der Waals surface area contributed by atoms with E-state index in [0.717, 1.165) is 10.8 Å². The normalized spacial score (nSPS) is 9.12. The molecule has 11 heteroatoms. The quantitative estimate of drug-likeness (QED) is 0.113. The molecule has 3 aromatic rings. The number of nitrogens with two attached hydrogens (primary N) is 3. The molecule has 0 amide bonds. The third-order valence-electron chi connectivity index (χ3n) is 3.69. The molecule has 0 saturated heterocycles. The van der Waals surface area contributed by atoms with Gasteiger partial charge in [0.2, 0.25) is 0 Å². The van der Waals surface area contributed by atoms with Crippen LogP contribution in [0, 0.1) is 5.41 Å². The van der Waals surface area contributed by atoms with Gasteiger partial charge in [-0.2, -0.15) is 0 Å². The number of guanidine groups is 1. The summed E-state index contributed by atoms with van der Waals surface area (Å²) in [6.07, 6.45) is 0. The first-order valence-corrected chi connectivity index (χ1v) is 8.71. The molecule has 9 N–H and O–H groups in total. The lowest BCUT2D eigenvalue weighted by atomic mass is 10.1. The highest BCUT2D eigenvalue weighted by Crippen LogP contribution is 2.23. The Bertz CT molecular complexity index is 1120. The zero-order chi connectivity index (χ0) is 24.1. The summed E-state index contributed by atoms with van der Waals surface area (Å²) in [6, 6.07) is 17.1. The average molecular weight is 445 g/mol. The molecule has 0 atom stereocenters. The number of aliphatic imine (C=N–C) groups is 1. The first-order valence-electron chi connectivity index (χ1n) is 8.71. The van der Waals surface area contributed by atoms with Gasteiger partial charge in [0, 0.05) is 5.56 Å². The fraction of sp³-hybridized carbons (Fsp3) is 0. The first kappa shape index (κ1) is 25.1. The minimum Gasteiger partial charge on any atom is -0.483 e. The molecule has 0 unspecified atom stereocenters. The Kier molecular flexibility index (Phi) is 9.88. The number of rotatable bonds is 4. The molecule has 0 aromatic heterocycles. The van der Waals surface area contributed by atoms with Crippen LogP contribution >= 0.6 is 0 Å². The van der Waals surface area contributed by atoms with E-state index in [4.69, 9.17) is 47.1 Å². The Morgan fingerprint density at radius 1 is 0.844 bits per heavy atom. The van der Waals surface area contributed by atoms with Gasteiger partial charge in [-0.3, -0.25) is 15.0 Å². The molecule has 0 radical (unpaired) electrons. The molecule has 166 valence electrons. The molecule has 3 rings (SSSR count). The molecule has 3 aromatic carbocycles. The summed E-state index contributed by atoms with van der Waals surface area (Å²) in [5, 5.41) is 23.0. The van der Waals surface area contributed by atoms with Gasteiger partial charge < -0.3 is 32.2 Å². The van der Waals surface area contributed by atoms with Crippen LogP contribution in [0.1, 0.15) is 15.9 Å². The van der Waals surface area contributed by atoms with Crippen molar-refractivity contribution in [2.75, 3.05) is 0 Å². The molecule has 0 saturated carbocycles. The van der Waals surface area contributed by atoms with E-state index in [1.54, 1.807) is 42.5 Å². The van der Waals surface area contributed by atoms with Crippen LogP contribution in [0.5, 0.6) is 5.75 Å². The van der Waals surface area contributed by atoms with Crippen molar-refractivity contribution in [1.29, 1.82) is 5.41 Å². The zero-order valence-corrected chi connectivity index (χ0v) is 16.6. The molecule has 32 heavy (non-hydrogen) atoms. The van der Waals surface area contributed by atoms with Gasteiger partial charge in [0.15, 0.2) is 5.96 Å². The molecule has 0 bridgehead atoms. The van der Waals surface area contributed by atoms with Crippen LogP contribution in [-0.2, 0) is 9.59 Å². The summed E-state index contributed by atoms with van der Waals surface area (Å²) in [5.74, 6) is -0.108. The summed E-state index contributed by atoms with van der Waals surface area (Å²) in [7, 11) is 0. The van der Waals surface area contributed by atoms with Crippen molar-refractivity contribution in [3.8, 4) is 5.75 Å². The highest BCUT2D eigenvalue weighted by molar-refractivity contribution is 5.99. The van der Waals surface area contributed by atoms with Crippen molar-refractivity contribution in [3.63, 3.8) is 0 Å². The minimum absolute atomic E-state index is 0.00609. The number of nitrogens with zero attached hydrogens (tertiary/aromatic N) is 1. The van der Waals surface area contributed by atoms with Crippen LogP contribution < -0.4 is 21.9 Å². The van der Waals surface area contributed by atoms with Crippen molar-refractivity contribution < 1.29 is 29.3 Å². The number of carbonyl (C=O) groups is 3. The lowest BCUT2D eigenvalue weighted by Crippen LogP contribution is -2.21. The lowest BCUT2D eigenvalue weighted by Gasteiger charge is -2.07. The van der Waals surface area contributed by atoms with Crippen LogP contribution in [0.25, 0.3) is 10.8 Å². The lowest BCUT2D eigenvalue weighted by molar-refractivity contribution is -0.123. The van der Waals surface area contributed by atoms with Crippen molar-refractivity contribution in [2.24, 2.45) is 22.2 Å². The number of nitrogen functional groups attached to an aromatic ring is 1. The third kappa shape index (κ3) is 7.83. The SMILES string of the molecule is N=C(N)c1ccc2cc(OC(=O)[13c]3[13cH][13cH][13c](N=C(N)N)[13cH][13cH]3)ccc2c1.O=CO.O=CO. The van der Waals surface area contributed by atoms with Gasteiger partial charge in [0.1, 0.15) is 11.6 Å². The maximum Gasteiger partial charge on any atom is 0.343 e. The number of amidine groups is 1. The van der Waals surface area contributed by atoms with Gasteiger partial charge in [-0.05, 0) is 53.2 Å². The maximum atomic E-state index is 12.3. The maximum absolute atomic E-state index is 12.3. The fourth-order valence-corrected chi connectivity index (χ4v) is 2.44. The molecule has 0 spiro atoms. The van der Waals surface area contributed by atoms with E-state index >= 15 is 0 Å². The van der Waals surface area contributed by atoms with Crippen LogP contribution in [-0.4, -0.2) is 40.9 Å². The molecule has 11 nitrogen and oxygen atoms in total. The summed E-state index contributed by atoms with van der Waals surface area (Å²) in [5.41, 5.74) is 17.7. The zero-order valence-electron chi connectivity index (χ0n) is 16.6. The van der Waals surface area contributed by atoms with E-state index in [2.05, 4.69) is 4.99 Å². The van der Waals surface area contributed by atoms with Crippen LogP contribution in [0.3, 0.4) is 0 Å². The fourth-order valence-electron chi connectivity index (χ4n) is 2.44. The number of hydrogen-bond acceptors (Lipinski definition) is 6. The van der Waals surface area contributed by atoms with Gasteiger partial charge in [0.05, 0.1) is 11.3 Å². The summed E-state index contributed by atoms with van der Waals surface area (Å²) in [4.78, 5) is 32.9. The third-order valence-corrected chi connectivity index (χ3v) is 3.69. The first-order chi connectivity index (χ1) is 15.2. The van der Waals surface area contributed by atoms with Crippen molar-refractivity contribution in [1.82, 2.24) is 0 Å². The van der Waals surface area contributed by atoms with Crippen LogP contribution in [0.4, 0.5) is 5.69 Å². The molecular weight excluding hydrogens is 424 g/mol. The number of hydrogen-bond donors (Lipinski definition) is 6. The number of esters is 1.